The molecular weight excluding hydrogens is 250 g/mol. The molecule has 1 unspecified atom stereocenters. The summed E-state index contributed by atoms with van der Waals surface area (Å²) in [5.41, 5.74) is 1.35. The molecule has 1 atom stereocenters. The number of nitrogens with zero attached hydrogens (tertiary/aromatic N) is 2. The van der Waals surface area contributed by atoms with Gasteiger partial charge in [0.05, 0.1) is 6.54 Å². The average Bonchev–Trinajstić information content (AvgIpc) is 2.86. The highest BCUT2D eigenvalue weighted by molar-refractivity contribution is 5.95. The Labute approximate surface area is 120 Å². The first kappa shape index (κ1) is 13.6. The highest BCUT2D eigenvalue weighted by Gasteiger charge is 2.33. The van der Waals surface area contributed by atoms with E-state index in [2.05, 4.69) is 17.1 Å². The topological polar surface area (TPSA) is 35.6 Å². The fraction of sp³-hybridized carbons (Fsp3) is 0.562. The van der Waals surface area contributed by atoms with Crippen LogP contribution in [0, 0.1) is 5.41 Å². The fourth-order valence-corrected chi connectivity index (χ4v) is 3.28. The van der Waals surface area contributed by atoms with Crippen LogP contribution >= 0.6 is 0 Å². The molecule has 0 aliphatic carbocycles. The van der Waals surface area contributed by atoms with E-state index in [1.807, 2.05) is 35.2 Å². The van der Waals surface area contributed by atoms with Crippen molar-refractivity contribution in [3.05, 3.63) is 30.3 Å². The van der Waals surface area contributed by atoms with Crippen molar-refractivity contribution in [1.29, 1.82) is 0 Å². The molecule has 4 nitrogen and oxygen atoms in total. The van der Waals surface area contributed by atoms with Crippen LogP contribution in [-0.4, -0.2) is 50.1 Å². The summed E-state index contributed by atoms with van der Waals surface area (Å²) in [7, 11) is 0. The fourth-order valence-electron chi connectivity index (χ4n) is 3.28. The second kappa shape index (κ2) is 5.54. The van der Waals surface area contributed by atoms with Crippen LogP contribution in [0.25, 0.3) is 0 Å². The minimum absolute atomic E-state index is 0.219. The van der Waals surface area contributed by atoms with Crippen LogP contribution in [0.3, 0.4) is 0 Å². The molecule has 0 saturated carbocycles. The number of benzene rings is 1. The maximum atomic E-state index is 12.4. The van der Waals surface area contributed by atoms with Gasteiger partial charge in [0.2, 0.25) is 5.91 Å². The lowest BCUT2D eigenvalue weighted by atomic mass is 9.89. The smallest absolute Gasteiger partial charge is 0.241 e. The van der Waals surface area contributed by atoms with Crippen molar-refractivity contribution in [2.24, 2.45) is 5.41 Å². The van der Waals surface area contributed by atoms with Crippen LogP contribution in [0.1, 0.15) is 13.3 Å². The zero-order valence-electron chi connectivity index (χ0n) is 12.1. The lowest BCUT2D eigenvalue weighted by Gasteiger charge is -2.38. The first-order valence-corrected chi connectivity index (χ1v) is 7.45. The van der Waals surface area contributed by atoms with E-state index < -0.39 is 0 Å². The van der Waals surface area contributed by atoms with Crippen molar-refractivity contribution in [2.75, 3.05) is 44.2 Å². The number of hydrogen-bond acceptors (Lipinski definition) is 3. The van der Waals surface area contributed by atoms with Gasteiger partial charge in [-0.05, 0) is 30.5 Å². The number of nitrogens with one attached hydrogen (secondary N) is 1. The van der Waals surface area contributed by atoms with Gasteiger partial charge in [0.15, 0.2) is 0 Å². The van der Waals surface area contributed by atoms with Crippen LogP contribution in [-0.2, 0) is 4.79 Å². The van der Waals surface area contributed by atoms with Gasteiger partial charge >= 0.3 is 0 Å². The Morgan fingerprint density at radius 1 is 1.25 bits per heavy atom. The van der Waals surface area contributed by atoms with Crippen molar-refractivity contribution < 1.29 is 4.79 Å². The molecule has 2 aliphatic rings. The Bertz CT molecular complexity index is 468. The number of piperazine rings is 1. The molecule has 2 heterocycles. The molecule has 1 amide bonds. The van der Waals surface area contributed by atoms with Gasteiger partial charge in [-0.15, -0.1) is 0 Å². The van der Waals surface area contributed by atoms with Crippen molar-refractivity contribution >= 4 is 11.6 Å². The third-order valence-corrected chi connectivity index (χ3v) is 4.43. The van der Waals surface area contributed by atoms with E-state index in [9.17, 15) is 4.79 Å². The molecule has 3 rings (SSSR count). The predicted molar refractivity (Wildman–Crippen MR) is 80.8 cm³/mol. The maximum absolute atomic E-state index is 12.4. The molecule has 2 aliphatic heterocycles. The average molecular weight is 273 g/mol. The molecule has 108 valence electrons. The summed E-state index contributed by atoms with van der Waals surface area (Å²) in [6.07, 6.45) is 1.21. The molecule has 4 heteroatoms. The quantitative estimate of drug-likeness (QED) is 0.902. The zero-order chi connectivity index (χ0) is 14.0. The van der Waals surface area contributed by atoms with E-state index in [-0.39, 0.29) is 5.91 Å². The highest BCUT2D eigenvalue weighted by atomic mass is 16.2. The molecule has 0 aromatic heterocycles. The molecule has 0 bridgehead atoms. The molecule has 2 fully saturated rings. The minimum atomic E-state index is 0.219. The predicted octanol–water partition coefficient (Wildman–Crippen LogP) is 1.33. The summed E-state index contributed by atoms with van der Waals surface area (Å²) in [6, 6.07) is 9.98. The van der Waals surface area contributed by atoms with Gasteiger partial charge < -0.3 is 10.2 Å². The number of carbonyl (C=O) groups is 1. The number of anilines is 1. The first-order valence-electron chi connectivity index (χ1n) is 7.45. The standard InChI is InChI=1S/C16H23N3O/c1-16(7-8-17-12-16)13-18-9-10-19(15(20)11-18)14-5-3-2-4-6-14/h2-6,17H,7-13H2,1H3. The van der Waals surface area contributed by atoms with E-state index in [1.165, 1.54) is 6.42 Å². The van der Waals surface area contributed by atoms with E-state index >= 15 is 0 Å². The Hall–Kier alpha value is -1.39. The summed E-state index contributed by atoms with van der Waals surface area (Å²) in [6.45, 7) is 7.83. The number of para-hydroxylation sites is 1. The normalized spacial score (nSPS) is 28.1. The lowest BCUT2D eigenvalue weighted by molar-refractivity contribution is -0.121. The first-order chi connectivity index (χ1) is 9.66. The molecule has 1 aromatic rings. The van der Waals surface area contributed by atoms with Crippen molar-refractivity contribution in [3.63, 3.8) is 0 Å². The lowest BCUT2D eigenvalue weighted by Crippen LogP contribution is -2.53. The third-order valence-electron chi connectivity index (χ3n) is 4.43. The van der Waals surface area contributed by atoms with E-state index in [4.69, 9.17) is 0 Å². The summed E-state index contributed by atoms with van der Waals surface area (Å²) in [5.74, 6) is 0.219. The summed E-state index contributed by atoms with van der Waals surface area (Å²) in [4.78, 5) is 16.6. The summed E-state index contributed by atoms with van der Waals surface area (Å²) in [5, 5.41) is 3.43. The largest absolute Gasteiger partial charge is 0.316 e. The van der Waals surface area contributed by atoms with Crippen LogP contribution in [0.2, 0.25) is 0 Å². The summed E-state index contributed by atoms with van der Waals surface area (Å²) >= 11 is 0. The molecule has 2 saturated heterocycles. The zero-order valence-corrected chi connectivity index (χ0v) is 12.1. The number of carbonyl (C=O) groups excluding carboxylic acids is 1. The second-order valence-electron chi connectivity index (χ2n) is 6.33. The third kappa shape index (κ3) is 2.86. The van der Waals surface area contributed by atoms with Crippen LogP contribution in [0.15, 0.2) is 30.3 Å². The van der Waals surface area contributed by atoms with Gasteiger partial charge in [0.25, 0.3) is 0 Å². The number of hydrogen-bond donors (Lipinski definition) is 1. The van der Waals surface area contributed by atoms with E-state index in [1.54, 1.807) is 0 Å². The minimum Gasteiger partial charge on any atom is -0.316 e. The molecular formula is C16H23N3O. The Balaban J connectivity index is 1.61. The van der Waals surface area contributed by atoms with Gasteiger partial charge in [0, 0.05) is 31.9 Å². The Morgan fingerprint density at radius 2 is 2.05 bits per heavy atom. The van der Waals surface area contributed by atoms with Gasteiger partial charge in [-0.25, -0.2) is 0 Å². The number of rotatable bonds is 3. The summed E-state index contributed by atoms with van der Waals surface area (Å²) < 4.78 is 0. The number of amides is 1. The molecule has 1 aromatic carbocycles. The van der Waals surface area contributed by atoms with Crippen molar-refractivity contribution in [3.8, 4) is 0 Å². The Kier molecular flexibility index (Phi) is 3.76. The molecule has 20 heavy (non-hydrogen) atoms. The van der Waals surface area contributed by atoms with Crippen molar-refractivity contribution in [1.82, 2.24) is 10.2 Å². The molecule has 0 radical (unpaired) electrons. The van der Waals surface area contributed by atoms with Crippen LogP contribution in [0.5, 0.6) is 0 Å². The van der Waals surface area contributed by atoms with Gasteiger partial charge in [-0.2, -0.15) is 0 Å². The maximum Gasteiger partial charge on any atom is 0.241 e. The van der Waals surface area contributed by atoms with Gasteiger partial charge in [-0.1, -0.05) is 25.1 Å². The highest BCUT2D eigenvalue weighted by Crippen LogP contribution is 2.26. The Morgan fingerprint density at radius 3 is 2.70 bits per heavy atom. The van der Waals surface area contributed by atoms with Crippen molar-refractivity contribution in [2.45, 2.75) is 13.3 Å². The SMILES string of the molecule is CC1(CN2CCN(c3ccccc3)C(=O)C2)CCNC1. The van der Waals surface area contributed by atoms with E-state index in [0.29, 0.717) is 12.0 Å². The molecule has 0 spiro atoms. The van der Waals surface area contributed by atoms with Gasteiger partial charge in [-0.3, -0.25) is 9.69 Å². The molecule has 1 N–H and O–H groups in total. The van der Waals surface area contributed by atoms with Crippen LogP contribution < -0.4 is 10.2 Å². The van der Waals surface area contributed by atoms with Gasteiger partial charge in [0.1, 0.15) is 0 Å². The van der Waals surface area contributed by atoms with Crippen LogP contribution in [0.4, 0.5) is 5.69 Å². The van der Waals surface area contributed by atoms with E-state index in [0.717, 1.165) is 38.4 Å². The second-order valence-corrected chi connectivity index (χ2v) is 6.33. The monoisotopic (exact) mass is 273 g/mol.